The van der Waals surface area contributed by atoms with E-state index < -0.39 is 19.0 Å². The van der Waals surface area contributed by atoms with Crippen LogP contribution in [0.3, 0.4) is 0 Å². The van der Waals surface area contributed by atoms with Crippen LogP contribution in [-0.4, -0.2) is 49.5 Å². The third-order valence-corrected chi connectivity index (χ3v) is 3.73. The number of hydrogen-bond donors (Lipinski definition) is 2. The van der Waals surface area contributed by atoms with E-state index in [0.717, 1.165) is 32.1 Å². The van der Waals surface area contributed by atoms with Crippen molar-refractivity contribution >= 4 is 18.3 Å². The van der Waals surface area contributed by atoms with E-state index in [-0.39, 0.29) is 29.8 Å². The van der Waals surface area contributed by atoms with Crippen LogP contribution in [0, 0.1) is 5.92 Å². The predicted octanol–water partition coefficient (Wildman–Crippen LogP) is 2.51. The SMILES string of the molecule is Cl.O=C(NCCC1CCNC1)c1ccc(OCC(F)(F)C(F)F)nc1. The average Bonchev–Trinajstić information content (AvgIpc) is 3.06. The third-order valence-electron chi connectivity index (χ3n) is 3.73. The van der Waals surface area contributed by atoms with E-state index in [1.54, 1.807) is 0 Å². The summed E-state index contributed by atoms with van der Waals surface area (Å²) >= 11 is 0. The molecule has 0 radical (unpaired) electrons. The van der Waals surface area contributed by atoms with E-state index in [9.17, 15) is 22.4 Å². The molecule has 1 aliphatic rings. The molecule has 1 atom stereocenters. The molecule has 0 aliphatic carbocycles. The largest absolute Gasteiger partial charge is 0.471 e. The Hall–Kier alpha value is -1.61. The van der Waals surface area contributed by atoms with E-state index in [0.29, 0.717) is 12.5 Å². The number of amides is 1. The molecule has 1 aromatic rings. The molecule has 0 saturated carbocycles. The molecule has 25 heavy (non-hydrogen) atoms. The van der Waals surface area contributed by atoms with Crippen LogP contribution in [0.15, 0.2) is 18.3 Å². The van der Waals surface area contributed by atoms with Gasteiger partial charge in [-0.25, -0.2) is 13.8 Å². The zero-order valence-corrected chi connectivity index (χ0v) is 14.1. The Bertz CT molecular complexity index is 540. The normalized spacial score (nSPS) is 17.2. The van der Waals surface area contributed by atoms with Crippen molar-refractivity contribution in [3.8, 4) is 5.88 Å². The standard InChI is InChI=1S/C15H19F4N3O2.ClH/c16-14(17)15(18,19)9-24-12-2-1-11(8-22-12)13(23)21-6-4-10-3-5-20-7-10;/h1-2,8,10,14,20H,3-7,9H2,(H,21,23);1H. The number of nitrogens with one attached hydrogen (secondary N) is 2. The van der Waals surface area contributed by atoms with Gasteiger partial charge in [-0.05, 0) is 37.9 Å². The number of carbonyl (C=O) groups is 1. The highest BCUT2D eigenvalue weighted by molar-refractivity contribution is 5.93. The van der Waals surface area contributed by atoms with E-state index in [2.05, 4.69) is 20.4 Å². The van der Waals surface area contributed by atoms with Gasteiger partial charge in [-0.3, -0.25) is 4.79 Å². The van der Waals surface area contributed by atoms with Crippen molar-refractivity contribution in [3.63, 3.8) is 0 Å². The number of alkyl halides is 4. The highest BCUT2D eigenvalue weighted by Gasteiger charge is 2.41. The average molecular weight is 386 g/mol. The molecule has 1 fully saturated rings. The summed E-state index contributed by atoms with van der Waals surface area (Å²) in [4.78, 5) is 15.6. The van der Waals surface area contributed by atoms with Gasteiger partial charge in [0.2, 0.25) is 5.88 Å². The molecule has 142 valence electrons. The lowest BCUT2D eigenvalue weighted by Gasteiger charge is -2.15. The van der Waals surface area contributed by atoms with Crippen LogP contribution in [0.2, 0.25) is 0 Å². The van der Waals surface area contributed by atoms with Gasteiger partial charge in [-0.15, -0.1) is 12.4 Å². The summed E-state index contributed by atoms with van der Waals surface area (Å²) in [5, 5.41) is 5.99. The quantitative estimate of drug-likeness (QED) is 0.675. The molecule has 1 aliphatic heterocycles. The molecular weight excluding hydrogens is 366 g/mol. The molecule has 1 unspecified atom stereocenters. The lowest BCUT2D eigenvalue weighted by atomic mass is 10.1. The molecule has 5 nitrogen and oxygen atoms in total. The van der Waals surface area contributed by atoms with Crippen molar-refractivity contribution in [2.45, 2.75) is 25.2 Å². The van der Waals surface area contributed by atoms with Crippen molar-refractivity contribution in [3.05, 3.63) is 23.9 Å². The highest BCUT2D eigenvalue weighted by Crippen LogP contribution is 2.23. The Morgan fingerprint density at radius 2 is 2.20 bits per heavy atom. The molecule has 10 heteroatoms. The van der Waals surface area contributed by atoms with Crippen LogP contribution in [0.5, 0.6) is 5.88 Å². The van der Waals surface area contributed by atoms with E-state index in [4.69, 9.17) is 0 Å². The first-order valence-electron chi connectivity index (χ1n) is 7.62. The fraction of sp³-hybridized carbons (Fsp3) is 0.600. The summed E-state index contributed by atoms with van der Waals surface area (Å²) in [6.07, 6.45) is -0.692. The minimum atomic E-state index is -4.24. The van der Waals surface area contributed by atoms with Crippen molar-refractivity contribution in [2.24, 2.45) is 5.92 Å². The predicted molar refractivity (Wildman–Crippen MR) is 85.9 cm³/mol. The molecular formula is C15H20ClF4N3O2. The Kier molecular flexibility index (Phi) is 8.37. The molecule has 2 N–H and O–H groups in total. The van der Waals surface area contributed by atoms with E-state index in [1.165, 1.54) is 12.1 Å². The van der Waals surface area contributed by atoms with Crippen molar-refractivity contribution in [2.75, 3.05) is 26.2 Å². The van der Waals surface area contributed by atoms with Gasteiger partial charge in [-0.2, -0.15) is 8.78 Å². The first-order chi connectivity index (χ1) is 11.4. The molecule has 0 bridgehead atoms. The van der Waals surface area contributed by atoms with Crippen molar-refractivity contribution in [1.82, 2.24) is 15.6 Å². The number of ether oxygens (including phenoxy) is 1. The first-order valence-corrected chi connectivity index (χ1v) is 7.62. The summed E-state index contributed by atoms with van der Waals surface area (Å²) in [6.45, 7) is 1.00. The minimum absolute atomic E-state index is 0. The Balaban J connectivity index is 0.00000312. The van der Waals surface area contributed by atoms with Crippen LogP contribution >= 0.6 is 12.4 Å². The van der Waals surface area contributed by atoms with Crippen LogP contribution < -0.4 is 15.4 Å². The summed E-state index contributed by atoms with van der Waals surface area (Å²) in [6, 6.07) is 2.53. The number of pyridine rings is 1. The maximum absolute atomic E-state index is 12.7. The first kappa shape index (κ1) is 21.4. The molecule has 1 saturated heterocycles. The van der Waals surface area contributed by atoms with Gasteiger partial charge in [0.25, 0.3) is 5.91 Å². The van der Waals surface area contributed by atoms with Crippen LogP contribution in [0.1, 0.15) is 23.2 Å². The molecule has 1 amide bonds. The topological polar surface area (TPSA) is 63.2 Å². The van der Waals surface area contributed by atoms with Gasteiger partial charge in [0.1, 0.15) is 0 Å². The summed E-state index contributed by atoms with van der Waals surface area (Å²) in [7, 11) is 0. The second-order valence-electron chi connectivity index (χ2n) is 5.64. The molecule has 2 heterocycles. The smallest absolute Gasteiger partial charge is 0.340 e. The van der Waals surface area contributed by atoms with E-state index in [1.807, 2.05) is 0 Å². The molecule has 2 rings (SSSR count). The fourth-order valence-electron chi connectivity index (χ4n) is 2.29. The Morgan fingerprint density at radius 1 is 1.44 bits per heavy atom. The van der Waals surface area contributed by atoms with E-state index >= 15 is 0 Å². The second kappa shape index (κ2) is 9.76. The van der Waals surface area contributed by atoms with Crippen LogP contribution in [0.25, 0.3) is 0 Å². The van der Waals surface area contributed by atoms with Gasteiger partial charge in [-0.1, -0.05) is 0 Å². The second-order valence-corrected chi connectivity index (χ2v) is 5.64. The highest BCUT2D eigenvalue weighted by atomic mass is 35.5. The zero-order valence-electron chi connectivity index (χ0n) is 13.3. The van der Waals surface area contributed by atoms with Gasteiger partial charge >= 0.3 is 12.3 Å². The molecule has 0 aromatic carbocycles. The van der Waals surface area contributed by atoms with Crippen LogP contribution in [0.4, 0.5) is 17.6 Å². The minimum Gasteiger partial charge on any atom is -0.471 e. The lowest BCUT2D eigenvalue weighted by Crippen LogP contribution is -2.33. The summed E-state index contributed by atoms with van der Waals surface area (Å²) < 4.78 is 54.0. The van der Waals surface area contributed by atoms with Crippen molar-refractivity contribution in [1.29, 1.82) is 0 Å². The summed E-state index contributed by atoms with van der Waals surface area (Å²) in [5.41, 5.74) is 0.243. The zero-order chi connectivity index (χ0) is 17.6. The summed E-state index contributed by atoms with van der Waals surface area (Å²) in [5.74, 6) is -4.27. The Morgan fingerprint density at radius 3 is 2.76 bits per heavy atom. The number of nitrogens with zero attached hydrogens (tertiary/aromatic N) is 1. The molecule has 0 spiro atoms. The number of hydrogen-bond acceptors (Lipinski definition) is 4. The number of rotatable bonds is 8. The fourth-order valence-corrected chi connectivity index (χ4v) is 2.29. The van der Waals surface area contributed by atoms with Gasteiger partial charge in [0.15, 0.2) is 6.61 Å². The maximum Gasteiger partial charge on any atom is 0.340 e. The lowest BCUT2D eigenvalue weighted by molar-refractivity contribution is -0.148. The van der Waals surface area contributed by atoms with Crippen molar-refractivity contribution < 1.29 is 27.1 Å². The van der Waals surface area contributed by atoms with Crippen LogP contribution in [-0.2, 0) is 0 Å². The third kappa shape index (κ3) is 6.66. The Labute approximate surface area is 148 Å². The van der Waals surface area contributed by atoms with Gasteiger partial charge in [0, 0.05) is 18.8 Å². The number of halogens is 5. The monoisotopic (exact) mass is 385 g/mol. The number of carbonyl (C=O) groups excluding carboxylic acids is 1. The maximum atomic E-state index is 12.7. The number of aromatic nitrogens is 1. The molecule has 1 aromatic heterocycles. The van der Waals surface area contributed by atoms with Gasteiger partial charge in [0.05, 0.1) is 5.56 Å². The van der Waals surface area contributed by atoms with Gasteiger partial charge < -0.3 is 15.4 Å².